The van der Waals surface area contributed by atoms with Crippen LogP contribution in [0.25, 0.3) is 0 Å². The molecule has 0 aliphatic heterocycles. The van der Waals surface area contributed by atoms with Gasteiger partial charge in [-0.2, -0.15) is 0 Å². The molecule has 1 unspecified atom stereocenters. The first kappa shape index (κ1) is 14.9. The van der Waals surface area contributed by atoms with Crippen molar-refractivity contribution in [3.63, 3.8) is 0 Å². The van der Waals surface area contributed by atoms with Crippen LogP contribution in [0, 0.1) is 9.39 Å². The Morgan fingerprint density at radius 2 is 1.84 bits per heavy atom. The first-order chi connectivity index (χ1) is 8.90. The van der Waals surface area contributed by atoms with Crippen LogP contribution in [0.15, 0.2) is 46.9 Å². The Morgan fingerprint density at radius 3 is 2.47 bits per heavy atom. The summed E-state index contributed by atoms with van der Waals surface area (Å²) in [5.74, 6) is -0.309. The minimum absolute atomic E-state index is 0.309. The second-order valence-electron chi connectivity index (χ2n) is 4.67. The molecule has 1 atom stereocenters. The van der Waals surface area contributed by atoms with E-state index in [2.05, 4.69) is 38.5 Å². The summed E-state index contributed by atoms with van der Waals surface area (Å²) >= 11 is 5.45. The summed E-state index contributed by atoms with van der Waals surface area (Å²) in [5.41, 5.74) is 0.549. The number of benzene rings is 2. The zero-order valence-corrected chi connectivity index (χ0v) is 14.1. The van der Waals surface area contributed by atoms with Crippen molar-refractivity contribution in [2.45, 2.75) is 18.9 Å². The van der Waals surface area contributed by atoms with Crippen LogP contribution in [0.5, 0.6) is 0 Å². The van der Waals surface area contributed by atoms with Crippen LogP contribution in [0.1, 0.15) is 18.1 Å². The number of aliphatic hydroxyl groups is 1. The molecule has 0 saturated carbocycles. The largest absolute Gasteiger partial charge is 0.385 e. The first-order valence-corrected chi connectivity index (χ1v) is 7.68. The Bertz CT molecular complexity index is 581. The maximum absolute atomic E-state index is 13.5. The Balaban J connectivity index is 2.30. The second-order valence-corrected chi connectivity index (χ2v) is 6.71. The van der Waals surface area contributed by atoms with Crippen molar-refractivity contribution in [2.75, 3.05) is 0 Å². The SMILES string of the molecule is CC(O)(Cc1cccc(F)c1Br)c1ccc(I)cc1. The van der Waals surface area contributed by atoms with Crippen LogP contribution in [0.3, 0.4) is 0 Å². The van der Waals surface area contributed by atoms with Gasteiger partial charge in [-0.05, 0) is 74.8 Å². The fraction of sp³-hybridized carbons (Fsp3) is 0.200. The normalized spacial score (nSPS) is 14.2. The molecule has 2 aromatic rings. The molecule has 0 spiro atoms. The van der Waals surface area contributed by atoms with Gasteiger partial charge in [-0.25, -0.2) is 4.39 Å². The van der Waals surface area contributed by atoms with E-state index in [0.29, 0.717) is 10.9 Å². The lowest BCUT2D eigenvalue weighted by Crippen LogP contribution is -2.24. The number of hydrogen-bond acceptors (Lipinski definition) is 1. The predicted octanol–water partition coefficient (Wildman–Crippen LogP) is 4.64. The molecule has 2 rings (SSSR count). The first-order valence-electron chi connectivity index (χ1n) is 5.81. The van der Waals surface area contributed by atoms with Gasteiger partial charge in [-0.3, -0.25) is 0 Å². The molecule has 0 aliphatic rings. The van der Waals surface area contributed by atoms with Crippen molar-refractivity contribution >= 4 is 38.5 Å². The Hall–Kier alpha value is -0.460. The third-order valence-corrected chi connectivity index (χ3v) is 4.64. The quantitative estimate of drug-likeness (QED) is 0.697. The maximum Gasteiger partial charge on any atom is 0.137 e. The third-order valence-electron chi connectivity index (χ3n) is 3.03. The summed E-state index contributed by atoms with van der Waals surface area (Å²) in [6.07, 6.45) is 0.353. The topological polar surface area (TPSA) is 20.2 Å². The van der Waals surface area contributed by atoms with Gasteiger partial charge in [0.1, 0.15) is 5.82 Å². The van der Waals surface area contributed by atoms with E-state index in [1.165, 1.54) is 6.07 Å². The van der Waals surface area contributed by atoms with E-state index in [1.54, 1.807) is 13.0 Å². The molecule has 19 heavy (non-hydrogen) atoms. The van der Waals surface area contributed by atoms with Crippen molar-refractivity contribution in [1.29, 1.82) is 0 Å². The van der Waals surface area contributed by atoms with Crippen LogP contribution in [-0.4, -0.2) is 5.11 Å². The third kappa shape index (κ3) is 3.55. The van der Waals surface area contributed by atoms with Crippen molar-refractivity contribution in [1.82, 2.24) is 0 Å². The monoisotopic (exact) mass is 434 g/mol. The highest BCUT2D eigenvalue weighted by Gasteiger charge is 2.25. The summed E-state index contributed by atoms with van der Waals surface area (Å²) in [7, 11) is 0. The Kier molecular flexibility index (Phi) is 4.63. The predicted molar refractivity (Wildman–Crippen MR) is 86.5 cm³/mol. The smallest absolute Gasteiger partial charge is 0.137 e. The van der Waals surface area contributed by atoms with Crippen molar-refractivity contribution in [3.8, 4) is 0 Å². The summed E-state index contributed by atoms with van der Waals surface area (Å²) in [4.78, 5) is 0. The Labute approximate surface area is 134 Å². The molecule has 0 heterocycles. The van der Waals surface area contributed by atoms with E-state index in [4.69, 9.17) is 0 Å². The molecule has 100 valence electrons. The molecule has 0 fully saturated rings. The van der Waals surface area contributed by atoms with Gasteiger partial charge in [0, 0.05) is 9.99 Å². The molecule has 2 aromatic carbocycles. The van der Waals surface area contributed by atoms with Crippen molar-refractivity contribution < 1.29 is 9.50 Å². The van der Waals surface area contributed by atoms with Gasteiger partial charge < -0.3 is 5.11 Å². The zero-order chi connectivity index (χ0) is 14.0. The van der Waals surface area contributed by atoms with Gasteiger partial charge in [-0.1, -0.05) is 24.3 Å². The lowest BCUT2D eigenvalue weighted by Gasteiger charge is -2.24. The number of hydrogen-bond donors (Lipinski definition) is 1. The van der Waals surface area contributed by atoms with Crippen LogP contribution in [0.2, 0.25) is 0 Å². The van der Waals surface area contributed by atoms with Crippen LogP contribution in [0.4, 0.5) is 4.39 Å². The zero-order valence-electron chi connectivity index (χ0n) is 10.3. The minimum atomic E-state index is -1.03. The molecular formula is C15H13BrFIO. The lowest BCUT2D eigenvalue weighted by molar-refractivity contribution is 0.0574. The highest BCUT2D eigenvalue weighted by molar-refractivity contribution is 14.1. The van der Waals surface area contributed by atoms with E-state index in [1.807, 2.05) is 30.3 Å². The lowest BCUT2D eigenvalue weighted by atomic mass is 9.89. The van der Waals surface area contributed by atoms with Crippen molar-refractivity contribution in [3.05, 3.63) is 67.5 Å². The maximum atomic E-state index is 13.5. The summed E-state index contributed by atoms with van der Waals surface area (Å²) < 4.78 is 15.0. The van der Waals surface area contributed by atoms with Gasteiger partial charge in [-0.15, -0.1) is 0 Å². The van der Waals surface area contributed by atoms with E-state index >= 15 is 0 Å². The molecule has 1 nitrogen and oxygen atoms in total. The molecule has 1 N–H and O–H groups in total. The average molecular weight is 435 g/mol. The molecule has 0 bridgehead atoms. The molecular weight excluding hydrogens is 422 g/mol. The molecule has 0 amide bonds. The molecule has 0 radical (unpaired) electrons. The van der Waals surface area contributed by atoms with E-state index < -0.39 is 5.60 Å². The van der Waals surface area contributed by atoms with Crippen LogP contribution < -0.4 is 0 Å². The summed E-state index contributed by atoms with van der Waals surface area (Å²) in [6, 6.07) is 12.6. The fourth-order valence-corrected chi connectivity index (χ4v) is 2.73. The van der Waals surface area contributed by atoms with E-state index in [-0.39, 0.29) is 5.82 Å². The number of rotatable bonds is 3. The molecule has 0 aliphatic carbocycles. The number of halogens is 3. The second kappa shape index (κ2) is 5.89. The summed E-state index contributed by atoms with van der Waals surface area (Å²) in [6.45, 7) is 1.74. The minimum Gasteiger partial charge on any atom is -0.385 e. The average Bonchev–Trinajstić information content (AvgIpc) is 2.35. The summed E-state index contributed by atoms with van der Waals surface area (Å²) in [5, 5.41) is 10.6. The fourth-order valence-electron chi connectivity index (χ4n) is 1.97. The van der Waals surface area contributed by atoms with E-state index in [0.717, 1.165) is 14.7 Å². The van der Waals surface area contributed by atoms with Gasteiger partial charge in [0.05, 0.1) is 10.1 Å². The van der Waals surface area contributed by atoms with Gasteiger partial charge in [0.15, 0.2) is 0 Å². The molecule has 4 heteroatoms. The highest BCUT2D eigenvalue weighted by Crippen LogP contribution is 2.30. The van der Waals surface area contributed by atoms with Crippen molar-refractivity contribution in [2.24, 2.45) is 0 Å². The highest BCUT2D eigenvalue weighted by atomic mass is 127. The van der Waals surface area contributed by atoms with Crippen LogP contribution >= 0.6 is 38.5 Å². The van der Waals surface area contributed by atoms with Crippen LogP contribution in [-0.2, 0) is 12.0 Å². The molecule has 0 saturated heterocycles. The van der Waals surface area contributed by atoms with E-state index in [9.17, 15) is 9.50 Å². The Morgan fingerprint density at radius 1 is 1.21 bits per heavy atom. The molecule has 0 aromatic heterocycles. The standard InChI is InChI=1S/C15H13BrFIO/c1-15(19,11-5-7-12(18)8-6-11)9-10-3-2-4-13(17)14(10)16/h2-8,19H,9H2,1H3. The van der Waals surface area contributed by atoms with Gasteiger partial charge in [0.2, 0.25) is 0 Å². The van der Waals surface area contributed by atoms with Gasteiger partial charge in [0.25, 0.3) is 0 Å². The van der Waals surface area contributed by atoms with Gasteiger partial charge >= 0.3 is 0 Å².